The highest BCUT2D eigenvalue weighted by Gasteiger charge is 2.55. The van der Waals surface area contributed by atoms with Crippen molar-refractivity contribution in [2.75, 3.05) is 0 Å². The van der Waals surface area contributed by atoms with Gasteiger partial charge < -0.3 is 5.32 Å². The Bertz CT molecular complexity index is 2740. The van der Waals surface area contributed by atoms with Crippen molar-refractivity contribution in [3.8, 4) is 0 Å². The van der Waals surface area contributed by atoms with Crippen molar-refractivity contribution in [2.45, 2.75) is 134 Å². The van der Waals surface area contributed by atoms with Gasteiger partial charge in [-0.05, 0) is 156 Å². The summed E-state index contributed by atoms with van der Waals surface area (Å²) in [6.45, 7) is 5.22. The van der Waals surface area contributed by atoms with Crippen LogP contribution in [0, 0.1) is 29.1 Å². The van der Waals surface area contributed by atoms with E-state index in [1.807, 2.05) is 17.3 Å². The fourth-order valence-corrected chi connectivity index (χ4v) is 16.3. The quantitative estimate of drug-likeness (QED) is 0.324. The Morgan fingerprint density at radius 1 is 0.812 bits per heavy atom. The topological polar surface area (TPSA) is 24.4 Å². The standard InChI is InChI=1S/C61H64N2S/c1-60(2)51-29-28-44(35-48(51)50-37-54-49(36-53(50)60)46-24-7-9-26-52(46)61(54)30-11-4-12-31-61)42-21-14-19-40(33-42)39-18-13-20-41(32-39)43-22-15-23-45(34-43)56-58-57(47-25-8-10-27-55(47)64-58)63-59(62-56)38-16-5-3-6-17-38/h3,5,7,9,13-16,18-21,23-24,26-27,32,34-35,42-43,47,50,53,56H,4,6,8,10-12,17,22,25,28-31,33,36-37H2,1-2H3,(H,62,63). The summed E-state index contributed by atoms with van der Waals surface area (Å²) in [5, 5.41) is 3.91. The first kappa shape index (κ1) is 39.7. The highest BCUT2D eigenvalue weighted by atomic mass is 32.2. The molecule has 0 radical (unpaired) electrons. The van der Waals surface area contributed by atoms with Gasteiger partial charge in [0.2, 0.25) is 0 Å². The number of hydrogen-bond acceptors (Lipinski definition) is 3. The minimum Gasteiger partial charge on any atom is -0.342 e. The molecule has 6 atom stereocenters. The van der Waals surface area contributed by atoms with Crippen LogP contribution in [-0.2, 0) is 5.41 Å². The van der Waals surface area contributed by atoms with Gasteiger partial charge in [0.05, 0.1) is 0 Å². The number of aliphatic imine (C=N–C) groups is 1. The monoisotopic (exact) mass is 856 g/mol. The van der Waals surface area contributed by atoms with Crippen molar-refractivity contribution < 1.29 is 0 Å². The third kappa shape index (κ3) is 6.29. The van der Waals surface area contributed by atoms with Crippen LogP contribution in [0.15, 0.2) is 169 Å². The van der Waals surface area contributed by atoms with E-state index >= 15 is 0 Å². The van der Waals surface area contributed by atoms with Gasteiger partial charge >= 0.3 is 0 Å². The lowest BCUT2D eigenvalue weighted by Gasteiger charge is -2.43. The maximum Gasteiger partial charge on any atom is 0.129 e. The normalized spacial score (nSPS) is 31.7. The zero-order valence-electron chi connectivity index (χ0n) is 38.1. The summed E-state index contributed by atoms with van der Waals surface area (Å²) in [7, 11) is 0. The van der Waals surface area contributed by atoms with Crippen molar-refractivity contribution in [3.63, 3.8) is 0 Å². The molecule has 1 saturated carbocycles. The van der Waals surface area contributed by atoms with Crippen LogP contribution in [0.5, 0.6) is 0 Å². The van der Waals surface area contributed by atoms with Crippen molar-refractivity contribution >= 4 is 28.7 Å². The third-order valence-electron chi connectivity index (χ3n) is 18.2. The van der Waals surface area contributed by atoms with E-state index in [0.29, 0.717) is 35.0 Å². The molecule has 0 saturated heterocycles. The minimum absolute atomic E-state index is 0.0547. The van der Waals surface area contributed by atoms with E-state index in [1.165, 1.54) is 115 Å². The average Bonchev–Trinajstić information content (AvgIpc) is 3.94. The maximum atomic E-state index is 5.54. The lowest BCUT2D eigenvalue weighted by atomic mass is 9.61. The maximum absolute atomic E-state index is 5.54. The van der Waals surface area contributed by atoms with Crippen LogP contribution in [0.4, 0.5) is 0 Å². The van der Waals surface area contributed by atoms with Crippen LogP contribution in [0.25, 0.3) is 11.1 Å². The molecule has 11 aliphatic rings. The van der Waals surface area contributed by atoms with Gasteiger partial charge in [0.1, 0.15) is 11.9 Å². The SMILES string of the molecule is CC1(C)C2=C(C=C(C3C=CC=C(c4cccc(C5C=C(C6N=C(C7=CC=CCC7)NC7=C6SC6=CCCCC67)C=CC5)c4)C3)CC2)C2CC3=C(CC21)c1ccccc1C31CCCCC1. The molecule has 9 aliphatic carbocycles. The number of nitrogens with zero attached hydrogens (tertiary/aromatic N) is 1. The molecule has 13 rings (SSSR count). The first-order valence-electron chi connectivity index (χ1n) is 25.4. The van der Waals surface area contributed by atoms with Gasteiger partial charge in [-0.15, -0.1) is 0 Å². The molecule has 1 fully saturated rings. The van der Waals surface area contributed by atoms with Gasteiger partial charge in [0, 0.05) is 33.8 Å². The Morgan fingerprint density at radius 2 is 1.72 bits per heavy atom. The van der Waals surface area contributed by atoms with E-state index in [2.05, 4.69) is 135 Å². The molecule has 0 amide bonds. The fraction of sp³-hybridized carbons (Fsp3) is 0.426. The van der Waals surface area contributed by atoms with Gasteiger partial charge in [-0.25, -0.2) is 0 Å². The highest BCUT2D eigenvalue weighted by Crippen LogP contribution is 2.67. The summed E-state index contributed by atoms with van der Waals surface area (Å²) in [6.07, 6.45) is 46.6. The molecule has 2 heterocycles. The summed E-state index contributed by atoms with van der Waals surface area (Å²) < 4.78 is 0. The van der Waals surface area contributed by atoms with Crippen LogP contribution in [0.2, 0.25) is 0 Å². The predicted octanol–water partition coefficient (Wildman–Crippen LogP) is 15.7. The largest absolute Gasteiger partial charge is 0.342 e. The Balaban J connectivity index is 0.764. The third-order valence-corrected chi connectivity index (χ3v) is 19.5. The molecule has 64 heavy (non-hydrogen) atoms. The molecular formula is C61H64N2S. The van der Waals surface area contributed by atoms with Gasteiger partial charge in [0.25, 0.3) is 0 Å². The van der Waals surface area contributed by atoms with Crippen LogP contribution < -0.4 is 5.32 Å². The molecule has 1 N–H and O–H groups in total. The van der Waals surface area contributed by atoms with Crippen LogP contribution in [-0.4, -0.2) is 11.9 Å². The second-order valence-corrected chi connectivity index (χ2v) is 22.8. The molecule has 2 nitrogen and oxygen atoms in total. The number of nitrogens with one attached hydrogen (secondary N) is 1. The van der Waals surface area contributed by atoms with Crippen molar-refractivity contribution in [2.24, 2.45) is 34.1 Å². The summed E-state index contributed by atoms with van der Waals surface area (Å²) >= 11 is 2.01. The van der Waals surface area contributed by atoms with E-state index < -0.39 is 0 Å². The Morgan fingerprint density at radius 3 is 2.62 bits per heavy atom. The van der Waals surface area contributed by atoms with Crippen LogP contribution >= 0.6 is 11.8 Å². The van der Waals surface area contributed by atoms with E-state index in [4.69, 9.17) is 4.99 Å². The molecule has 2 aromatic carbocycles. The van der Waals surface area contributed by atoms with E-state index in [-0.39, 0.29) is 11.5 Å². The number of hydrogen-bond donors (Lipinski definition) is 1. The van der Waals surface area contributed by atoms with Crippen molar-refractivity contribution in [1.29, 1.82) is 0 Å². The average molecular weight is 857 g/mol. The highest BCUT2D eigenvalue weighted by molar-refractivity contribution is 8.07. The van der Waals surface area contributed by atoms with E-state index in [9.17, 15) is 0 Å². The number of allylic oxidation sites excluding steroid dienone is 17. The van der Waals surface area contributed by atoms with E-state index in [0.717, 1.165) is 31.5 Å². The molecule has 0 bridgehead atoms. The number of fused-ring (bicyclic) bond motifs is 8. The Labute approximate surface area is 386 Å². The van der Waals surface area contributed by atoms with Crippen molar-refractivity contribution in [3.05, 3.63) is 187 Å². The lowest BCUT2D eigenvalue weighted by molar-refractivity contribution is 0.217. The number of benzene rings is 2. The fourth-order valence-electron chi connectivity index (χ4n) is 14.9. The molecule has 3 heteroatoms. The van der Waals surface area contributed by atoms with Crippen LogP contribution in [0.1, 0.15) is 145 Å². The van der Waals surface area contributed by atoms with Gasteiger partial charge in [-0.3, -0.25) is 4.99 Å². The summed E-state index contributed by atoms with van der Waals surface area (Å²) in [6, 6.07) is 19.3. The zero-order valence-corrected chi connectivity index (χ0v) is 38.9. The second-order valence-electron chi connectivity index (χ2n) is 21.7. The van der Waals surface area contributed by atoms with E-state index in [1.54, 1.807) is 38.3 Å². The van der Waals surface area contributed by atoms with Crippen molar-refractivity contribution in [1.82, 2.24) is 5.32 Å². The second kappa shape index (κ2) is 15.5. The molecule has 1 spiro atoms. The predicted molar refractivity (Wildman–Crippen MR) is 270 cm³/mol. The molecule has 2 aromatic rings. The van der Waals surface area contributed by atoms with Gasteiger partial charge in [0.15, 0.2) is 0 Å². The molecular weight excluding hydrogens is 793 g/mol. The lowest BCUT2D eigenvalue weighted by Crippen LogP contribution is -2.35. The molecule has 2 aliphatic heterocycles. The molecule has 6 unspecified atom stereocenters. The first-order valence-corrected chi connectivity index (χ1v) is 26.2. The first-order chi connectivity index (χ1) is 31.4. The number of amidine groups is 1. The smallest absolute Gasteiger partial charge is 0.129 e. The zero-order chi connectivity index (χ0) is 42.6. The van der Waals surface area contributed by atoms with Crippen LogP contribution in [0.3, 0.4) is 0 Å². The summed E-state index contributed by atoms with van der Waals surface area (Å²) in [4.78, 5) is 8.53. The number of rotatable bonds is 5. The Kier molecular flexibility index (Phi) is 9.63. The summed E-state index contributed by atoms with van der Waals surface area (Å²) in [5.74, 6) is 3.78. The van der Waals surface area contributed by atoms with Gasteiger partial charge in [-0.1, -0.05) is 177 Å². The Hall–Kier alpha value is -4.60. The minimum atomic E-state index is 0.0547. The molecule has 0 aromatic heterocycles. The summed E-state index contributed by atoms with van der Waals surface area (Å²) in [5.41, 5.74) is 21.1. The molecule has 324 valence electrons. The number of thioether (sulfide) groups is 1. The van der Waals surface area contributed by atoms with Gasteiger partial charge in [-0.2, -0.15) is 0 Å².